The fourth-order valence-corrected chi connectivity index (χ4v) is 3.79. The van der Waals surface area contributed by atoms with Crippen LogP contribution in [0.4, 0.5) is 4.39 Å². The molecule has 0 unspecified atom stereocenters. The van der Waals surface area contributed by atoms with Crippen molar-refractivity contribution in [1.82, 2.24) is 30.4 Å². The fraction of sp³-hybridized carbons (Fsp3) is 0.381. The second-order valence-electron chi connectivity index (χ2n) is 7.64. The van der Waals surface area contributed by atoms with Gasteiger partial charge in [-0.25, -0.2) is 9.07 Å². The van der Waals surface area contributed by atoms with Crippen molar-refractivity contribution < 1.29 is 18.5 Å². The Balaban J connectivity index is 1.42. The topological polar surface area (TPSA) is 106 Å². The van der Waals surface area contributed by atoms with Crippen LogP contribution in [0, 0.1) is 13.8 Å². The van der Waals surface area contributed by atoms with Crippen molar-refractivity contribution in [2.75, 3.05) is 6.54 Å². The van der Waals surface area contributed by atoms with Gasteiger partial charge in [-0.3, -0.25) is 9.59 Å². The van der Waals surface area contributed by atoms with E-state index in [4.69, 9.17) is 4.52 Å². The Morgan fingerprint density at radius 2 is 2.03 bits per heavy atom. The SMILES string of the molecule is Cc1noc(C)c1C(=O)N1C[C@@H](F)C[C@H]1Cn1cc(C(=O)NCc2ccccc2)nn1. The number of carbonyl (C=O) groups is 2. The summed E-state index contributed by atoms with van der Waals surface area (Å²) in [5, 5.41) is 14.5. The summed E-state index contributed by atoms with van der Waals surface area (Å²) in [6, 6.07) is 9.10. The molecule has 0 spiro atoms. The zero-order valence-electron chi connectivity index (χ0n) is 17.3. The second kappa shape index (κ2) is 8.66. The number of carbonyl (C=O) groups excluding carboxylic acids is 2. The van der Waals surface area contributed by atoms with Crippen molar-refractivity contribution in [2.24, 2.45) is 0 Å². The molecule has 10 heteroatoms. The summed E-state index contributed by atoms with van der Waals surface area (Å²) < 4.78 is 20.7. The van der Waals surface area contributed by atoms with Gasteiger partial charge in [-0.1, -0.05) is 40.7 Å². The molecule has 4 rings (SSSR count). The number of alkyl halides is 1. The summed E-state index contributed by atoms with van der Waals surface area (Å²) in [5.41, 5.74) is 1.96. The number of halogens is 1. The first-order chi connectivity index (χ1) is 14.9. The number of amides is 2. The van der Waals surface area contributed by atoms with Crippen molar-refractivity contribution in [3.63, 3.8) is 0 Å². The lowest BCUT2D eigenvalue weighted by Crippen LogP contribution is -2.38. The van der Waals surface area contributed by atoms with Crippen molar-refractivity contribution in [2.45, 2.75) is 45.6 Å². The van der Waals surface area contributed by atoms with Crippen LogP contribution in [0.5, 0.6) is 0 Å². The van der Waals surface area contributed by atoms with E-state index in [2.05, 4.69) is 20.8 Å². The largest absolute Gasteiger partial charge is 0.361 e. The van der Waals surface area contributed by atoms with Gasteiger partial charge < -0.3 is 14.7 Å². The molecule has 1 aliphatic heterocycles. The Hall–Kier alpha value is -3.56. The Labute approximate surface area is 178 Å². The Bertz CT molecular complexity index is 1060. The molecule has 3 aromatic rings. The lowest BCUT2D eigenvalue weighted by molar-refractivity contribution is 0.0711. The molecule has 0 radical (unpaired) electrons. The third-order valence-corrected chi connectivity index (χ3v) is 5.34. The predicted octanol–water partition coefficient (Wildman–Crippen LogP) is 2.07. The van der Waals surface area contributed by atoms with Gasteiger partial charge in [0.1, 0.15) is 17.5 Å². The minimum absolute atomic E-state index is 0.00727. The van der Waals surface area contributed by atoms with Crippen molar-refractivity contribution in [3.8, 4) is 0 Å². The number of benzene rings is 1. The third-order valence-electron chi connectivity index (χ3n) is 5.34. The summed E-state index contributed by atoms with van der Waals surface area (Å²) >= 11 is 0. The van der Waals surface area contributed by atoms with Gasteiger partial charge in [0, 0.05) is 13.0 Å². The maximum absolute atomic E-state index is 14.2. The maximum atomic E-state index is 14.2. The molecule has 1 N–H and O–H groups in total. The van der Waals surface area contributed by atoms with Crippen LogP contribution in [-0.2, 0) is 13.1 Å². The van der Waals surface area contributed by atoms with Crippen molar-refractivity contribution >= 4 is 11.8 Å². The minimum Gasteiger partial charge on any atom is -0.361 e. The van der Waals surface area contributed by atoms with E-state index in [0.29, 0.717) is 23.6 Å². The summed E-state index contributed by atoms with van der Waals surface area (Å²) in [5.74, 6) is -0.266. The molecule has 31 heavy (non-hydrogen) atoms. The molecule has 1 fully saturated rings. The van der Waals surface area contributed by atoms with Gasteiger partial charge >= 0.3 is 0 Å². The first-order valence-electron chi connectivity index (χ1n) is 10.0. The highest BCUT2D eigenvalue weighted by atomic mass is 19.1. The average Bonchev–Trinajstić information content (AvgIpc) is 3.46. The smallest absolute Gasteiger partial charge is 0.273 e. The normalized spacial score (nSPS) is 18.4. The number of nitrogens with one attached hydrogen (secondary N) is 1. The Morgan fingerprint density at radius 1 is 1.26 bits per heavy atom. The number of rotatable bonds is 6. The van der Waals surface area contributed by atoms with Gasteiger partial charge in [0.25, 0.3) is 11.8 Å². The molecule has 2 amide bonds. The van der Waals surface area contributed by atoms with E-state index in [0.717, 1.165) is 5.56 Å². The molecule has 2 aromatic heterocycles. The van der Waals surface area contributed by atoms with Gasteiger partial charge in [0.05, 0.1) is 31.0 Å². The highest BCUT2D eigenvalue weighted by Crippen LogP contribution is 2.26. The highest BCUT2D eigenvalue weighted by molar-refractivity contribution is 5.96. The maximum Gasteiger partial charge on any atom is 0.273 e. The summed E-state index contributed by atoms with van der Waals surface area (Å²) in [6.45, 7) is 3.93. The van der Waals surface area contributed by atoms with E-state index in [1.54, 1.807) is 13.8 Å². The Kier molecular flexibility index (Phi) is 5.79. The van der Waals surface area contributed by atoms with E-state index in [1.807, 2.05) is 30.3 Å². The van der Waals surface area contributed by atoms with Gasteiger partial charge in [0.15, 0.2) is 5.69 Å². The fourth-order valence-electron chi connectivity index (χ4n) is 3.79. The van der Waals surface area contributed by atoms with Gasteiger partial charge in [0.2, 0.25) is 0 Å². The molecule has 162 valence electrons. The molecule has 2 atom stereocenters. The first-order valence-corrected chi connectivity index (χ1v) is 10.0. The van der Waals surface area contributed by atoms with E-state index >= 15 is 0 Å². The van der Waals surface area contributed by atoms with Gasteiger partial charge in [-0.05, 0) is 19.4 Å². The van der Waals surface area contributed by atoms with Gasteiger partial charge in [-0.2, -0.15) is 0 Å². The molecule has 0 aliphatic carbocycles. The van der Waals surface area contributed by atoms with E-state index in [1.165, 1.54) is 15.8 Å². The van der Waals surface area contributed by atoms with Crippen molar-refractivity contribution in [3.05, 3.63) is 64.8 Å². The van der Waals surface area contributed by atoms with Crippen LogP contribution in [-0.4, -0.2) is 55.6 Å². The third kappa shape index (κ3) is 4.47. The average molecular weight is 426 g/mol. The zero-order valence-corrected chi connectivity index (χ0v) is 17.3. The van der Waals surface area contributed by atoms with Crippen LogP contribution >= 0.6 is 0 Å². The second-order valence-corrected chi connectivity index (χ2v) is 7.64. The first kappa shape index (κ1) is 20.7. The summed E-state index contributed by atoms with van der Waals surface area (Å²) in [7, 11) is 0. The Morgan fingerprint density at radius 3 is 2.74 bits per heavy atom. The summed E-state index contributed by atoms with van der Waals surface area (Å²) in [6.07, 6.45) is 0.557. The number of hydrogen-bond acceptors (Lipinski definition) is 6. The zero-order chi connectivity index (χ0) is 22.0. The molecule has 9 nitrogen and oxygen atoms in total. The lowest BCUT2D eigenvalue weighted by Gasteiger charge is -2.24. The standard InChI is InChI=1S/C21H23FN6O3/c1-13-19(14(2)31-25-13)21(30)28-10-16(22)8-17(28)11-27-12-18(24-26-27)20(29)23-9-15-6-4-3-5-7-15/h3-7,12,16-17H,8-11H2,1-2H3,(H,23,29)/t16-,17-/m0/s1. The number of likely N-dealkylation sites (tertiary alicyclic amines) is 1. The molecule has 0 bridgehead atoms. The molecule has 1 aromatic carbocycles. The highest BCUT2D eigenvalue weighted by Gasteiger charge is 2.38. The predicted molar refractivity (Wildman–Crippen MR) is 108 cm³/mol. The van der Waals surface area contributed by atoms with Crippen LogP contribution in [0.1, 0.15) is 44.3 Å². The van der Waals surface area contributed by atoms with Crippen LogP contribution in [0.3, 0.4) is 0 Å². The quantitative estimate of drug-likeness (QED) is 0.647. The molecule has 1 saturated heterocycles. The summed E-state index contributed by atoms with van der Waals surface area (Å²) in [4.78, 5) is 26.8. The minimum atomic E-state index is -1.13. The monoisotopic (exact) mass is 426 g/mol. The van der Waals surface area contributed by atoms with E-state index < -0.39 is 12.2 Å². The molecule has 0 saturated carbocycles. The molecular formula is C21H23FN6O3. The van der Waals surface area contributed by atoms with Crippen LogP contribution < -0.4 is 5.32 Å². The van der Waals surface area contributed by atoms with Gasteiger partial charge in [-0.15, -0.1) is 5.10 Å². The van der Waals surface area contributed by atoms with E-state index in [-0.39, 0.29) is 37.0 Å². The number of aromatic nitrogens is 4. The van der Waals surface area contributed by atoms with E-state index in [9.17, 15) is 14.0 Å². The van der Waals surface area contributed by atoms with Crippen LogP contribution in [0.2, 0.25) is 0 Å². The van der Waals surface area contributed by atoms with Crippen molar-refractivity contribution in [1.29, 1.82) is 0 Å². The molecular weight excluding hydrogens is 403 g/mol. The molecule has 1 aliphatic rings. The lowest BCUT2D eigenvalue weighted by atomic mass is 10.1. The number of hydrogen-bond donors (Lipinski definition) is 1. The molecule has 3 heterocycles. The van der Waals surface area contributed by atoms with Crippen LogP contribution in [0.25, 0.3) is 0 Å². The number of nitrogens with zero attached hydrogens (tertiary/aromatic N) is 5. The van der Waals surface area contributed by atoms with Crippen LogP contribution in [0.15, 0.2) is 41.1 Å². The number of aryl methyl sites for hydroxylation is 2.